The van der Waals surface area contributed by atoms with E-state index in [-0.39, 0.29) is 39.5 Å². The highest BCUT2D eigenvalue weighted by Crippen LogP contribution is 2.37. The Morgan fingerprint density at radius 2 is 1.50 bits per heavy atom. The van der Waals surface area contributed by atoms with Crippen molar-refractivity contribution in [3.63, 3.8) is 0 Å². The van der Waals surface area contributed by atoms with Crippen LogP contribution in [0.2, 0.25) is 0 Å². The van der Waals surface area contributed by atoms with Crippen molar-refractivity contribution in [3.05, 3.63) is 76.2 Å². The summed E-state index contributed by atoms with van der Waals surface area (Å²) in [6, 6.07) is 11.7. The number of aryl methyl sites for hydroxylation is 1. The van der Waals surface area contributed by atoms with E-state index >= 15 is 0 Å². The van der Waals surface area contributed by atoms with Gasteiger partial charge in [-0.3, -0.25) is 9.59 Å². The topological polar surface area (TPSA) is 99.1 Å². The number of methoxy groups -OCH3 is 2. The van der Waals surface area contributed by atoms with Crippen molar-refractivity contribution < 1.29 is 33.7 Å². The lowest BCUT2D eigenvalue weighted by Gasteiger charge is -2.21. The largest absolute Gasteiger partial charge is 0.489 e. The Bertz CT molecular complexity index is 1110. The van der Waals surface area contributed by atoms with Gasteiger partial charge in [-0.1, -0.05) is 18.2 Å². The molecule has 0 amide bonds. The minimum absolute atomic E-state index is 0.0644. The maximum Gasteiger partial charge on any atom is 0.339 e. The van der Waals surface area contributed by atoms with E-state index in [4.69, 9.17) is 14.2 Å². The van der Waals surface area contributed by atoms with Gasteiger partial charge >= 0.3 is 5.97 Å². The standard InChI is InChI=1S/C23H20O7/c1-12-10-14(17-13(2)18(24)21(28-3)22(29-4)19(17)25)11-16(23(26)27)20(12)30-15-8-6-5-7-9-15/h5-11H,1-4H3,(H,26,27). The van der Waals surface area contributed by atoms with Crippen molar-refractivity contribution >= 4 is 23.1 Å². The molecule has 1 N–H and O–H groups in total. The zero-order valence-corrected chi connectivity index (χ0v) is 16.9. The van der Waals surface area contributed by atoms with Crippen LogP contribution in [0.3, 0.4) is 0 Å². The number of ether oxygens (including phenoxy) is 3. The van der Waals surface area contributed by atoms with E-state index in [0.29, 0.717) is 11.3 Å². The average Bonchev–Trinajstić information content (AvgIpc) is 2.72. The van der Waals surface area contributed by atoms with E-state index in [0.717, 1.165) is 0 Å². The normalized spacial score (nSPS) is 14.1. The number of carboxylic acids is 1. The Kier molecular flexibility index (Phi) is 5.73. The Morgan fingerprint density at radius 1 is 0.900 bits per heavy atom. The summed E-state index contributed by atoms with van der Waals surface area (Å²) in [4.78, 5) is 37.6. The fourth-order valence-corrected chi connectivity index (χ4v) is 3.31. The van der Waals surface area contributed by atoms with Crippen LogP contribution >= 0.6 is 0 Å². The molecule has 0 bridgehead atoms. The molecule has 0 aromatic heterocycles. The fourth-order valence-electron chi connectivity index (χ4n) is 3.31. The van der Waals surface area contributed by atoms with Gasteiger partial charge in [0.2, 0.25) is 23.1 Å². The van der Waals surface area contributed by atoms with Crippen LogP contribution in [0.4, 0.5) is 0 Å². The fraction of sp³-hybridized carbons (Fsp3) is 0.174. The third-order valence-corrected chi connectivity index (χ3v) is 4.73. The molecule has 7 nitrogen and oxygen atoms in total. The molecule has 0 radical (unpaired) electrons. The molecular formula is C23H20O7. The predicted octanol–water partition coefficient (Wildman–Crippen LogP) is 3.92. The lowest BCUT2D eigenvalue weighted by Crippen LogP contribution is -2.24. The van der Waals surface area contributed by atoms with Gasteiger partial charge in [-0.15, -0.1) is 0 Å². The molecule has 1 aliphatic rings. The molecule has 30 heavy (non-hydrogen) atoms. The van der Waals surface area contributed by atoms with E-state index in [1.165, 1.54) is 27.2 Å². The summed E-state index contributed by atoms with van der Waals surface area (Å²) in [7, 11) is 2.54. The molecule has 3 rings (SSSR count). The number of carboxylic acid groups (broad SMARTS) is 1. The summed E-state index contributed by atoms with van der Waals surface area (Å²) in [6.07, 6.45) is 0. The molecule has 1 aliphatic carbocycles. The van der Waals surface area contributed by atoms with Crippen LogP contribution in [0.1, 0.15) is 28.4 Å². The Balaban J connectivity index is 2.16. The summed E-state index contributed by atoms with van der Waals surface area (Å²) in [5.41, 5.74) is 0.857. The van der Waals surface area contributed by atoms with Gasteiger partial charge in [-0.05, 0) is 49.2 Å². The van der Waals surface area contributed by atoms with Gasteiger partial charge in [0, 0.05) is 11.1 Å². The van der Waals surface area contributed by atoms with E-state index in [2.05, 4.69) is 0 Å². The second-order valence-electron chi connectivity index (χ2n) is 6.61. The lowest BCUT2D eigenvalue weighted by molar-refractivity contribution is -0.119. The first-order chi connectivity index (χ1) is 14.3. The molecule has 0 aliphatic heterocycles. The van der Waals surface area contributed by atoms with E-state index in [9.17, 15) is 19.5 Å². The number of carbonyl (C=O) groups is 3. The summed E-state index contributed by atoms with van der Waals surface area (Å²) in [5, 5.41) is 9.75. The highest BCUT2D eigenvalue weighted by atomic mass is 16.5. The van der Waals surface area contributed by atoms with Crippen LogP contribution in [0, 0.1) is 6.92 Å². The Labute approximate surface area is 173 Å². The van der Waals surface area contributed by atoms with Gasteiger partial charge in [-0.2, -0.15) is 0 Å². The highest BCUT2D eigenvalue weighted by Gasteiger charge is 2.36. The summed E-state index contributed by atoms with van der Waals surface area (Å²) >= 11 is 0. The first-order valence-electron chi connectivity index (χ1n) is 9.03. The van der Waals surface area contributed by atoms with Crippen LogP contribution in [0.25, 0.3) is 5.57 Å². The van der Waals surface area contributed by atoms with Gasteiger partial charge in [0.1, 0.15) is 17.1 Å². The molecule has 154 valence electrons. The van der Waals surface area contributed by atoms with Crippen molar-refractivity contribution in [2.24, 2.45) is 0 Å². The lowest BCUT2D eigenvalue weighted by atomic mass is 9.87. The number of benzene rings is 2. The van der Waals surface area contributed by atoms with Crippen LogP contribution in [-0.2, 0) is 19.1 Å². The first kappa shape index (κ1) is 20.9. The van der Waals surface area contributed by atoms with Crippen molar-refractivity contribution in [3.8, 4) is 11.5 Å². The van der Waals surface area contributed by atoms with E-state index in [1.807, 2.05) is 6.07 Å². The van der Waals surface area contributed by atoms with Gasteiger partial charge < -0.3 is 19.3 Å². The van der Waals surface area contributed by atoms with Gasteiger partial charge in [0.05, 0.1) is 14.2 Å². The average molecular weight is 408 g/mol. The number of hydrogen-bond donors (Lipinski definition) is 1. The second-order valence-corrected chi connectivity index (χ2v) is 6.61. The number of allylic oxidation sites excluding steroid dienone is 2. The summed E-state index contributed by atoms with van der Waals surface area (Å²) in [6.45, 7) is 3.16. The first-order valence-corrected chi connectivity index (χ1v) is 9.03. The van der Waals surface area contributed by atoms with Gasteiger partial charge in [0.25, 0.3) is 0 Å². The predicted molar refractivity (Wildman–Crippen MR) is 108 cm³/mol. The minimum atomic E-state index is -1.22. The molecule has 7 heteroatoms. The highest BCUT2D eigenvalue weighted by molar-refractivity contribution is 6.38. The number of rotatable bonds is 6. The smallest absolute Gasteiger partial charge is 0.339 e. The number of carbonyl (C=O) groups excluding carboxylic acids is 2. The SMILES string of the molecule is COC1=C(OC)C(=O)C(c2cc(C)c(Oc3ccccc3)c(C(=O)O)c2)=C(C)C1=O. The van der Waals surface area contributed by atoms with Crippen LogP contribution in [0.5, 0.6) is 11.5 Å². The third-order valence-electron chi connectivity index (χ3n) is 4.73. The molecular weight excluding hydrogens is 388 g/mol. The molecule has 0 unspecified atom stereocenters. The number of hydrogen-bond acceptors (Lipinski definition) is 6. The van der Waals surface area contributed by atoms with Crippen LogP contribution < -0.4 is 4.74 Å². The number of Topliss-reactive ketones (excluding diaryl/α,β-unsaturated/α-hetero) is 2. The maximum absolute atomic E-state index is 13.0. The maximum atomic E-state index is 13.0. The van der Waals surface area contributed by atoms with Crippen molar-refractivity contribution in [2.75, 3.05) is 14.2 Å². The molecule has 0 atom stereocenters. The minimum Gasteiger partial charge on any atom is -0.489 e. The number of aromatic carboxylic acids is 1. The molecule has 2 aromatic rings. The van der Waals surface area contributed by atoms with Gasteiger partial charge in [-0.25, -0.2) is 4.79 Å². The monoisotopic (exact) mass is 408 g/mol. The zero-order chi connectivity index (χ0) is 22.0. The second kappa shape index (κ2) is 8.24. The number of ketones is 2. The number of para-hydroxylation sites is 1. The molecule has 0 fully saturated rings. The van der Waals surface area contributed by atoms with Crippen molar-refractivity contribution in [1.82, 2.24) is 0 Å². The molecule has 0 saturated heterocycles. The van der Waals surface area contributed by atoms with Crippen LogP contribution in [0.15, 0.2) is 59.6 Å². The van der Waals surface area contributed by atoms with E-state index < -0.39 is 17.5 Å². The Morgan fingerprint density at radius 3 is 2.07 bits per heavy atom. The summed E-state index contributed by atoms with van der Waals surface area (Å²) < 4.78 is 15.9. The molecule has 0 saturated carbocycles. The molecule has 0 heterocycles. The molecule has 2 aromatic carbocycles. The summed E-state index contributed by atoms with van der Waals surface area (Å²) in [5.74, 6) is -2.04. The van der Waals surface area contributed by atoms with Crippen molar-refractivity contribution in [1.29, 1.82) is 0 Å². The van der Waals surface area contributed by atoms with Crippen LogP contribution in [-0.4, -0.2) is 36.9 Å². The molecule has 0 spiro atoms. The van der Waals surface area contributed by atoms with Gasteiger partial charge in [0.15, 0.2) is 0 Å². The quantitative estimate of drug-likeness (QED) is 0.723. The Hall–Kier alpha value is -3.87. The third kappa shape index (κ3) is 3.57. The van der Waals surface area contributed by atoms with Crippen molar-refractivity contribution in [2.45, 2.75) is 13.8 Å². The van der Waals surface area contributed by atoms with E-state index in [1.54, 1.807) is 37.3 Å². The zero-order valence-electron chi connectivity index (χ0n) is 16.9.